The third kappa shape index (κ3) is 4.65. The molecule has 8 nitrogen and oxygen atoms in total. The van der Waals surface area contributed by atoms with Crippen LogP contribution in [-0.2, 0) is 27.7 Å². The zero-order chi connectivity index (χ0) is 20.1. The lowest BCUT2D eigenvalue weighted by Gasteiger charge is -2.29. The second kappa shape index (κ2) is 8.93. The molecule has 154 valence electrons. The fourth-order valence-electron chi connectivity index (χ4n) is 3.16. The topological polar surface area (TPSA) is 82.9 Å². The molecule has 1 atom stereocenters. The lowest BCUT2D eigenvalue weighted by Crippen LogP contribution is -2.39. The number of benzene rings is 1. The molecule has 0 bridgehead atoms. The third-order valence-corrected chi connectivity index (χ3v) is 6.24. The Balaban J connectivity index is 1.69. The summed E-state index contributed by atoms with van der Waals surface area (Å²) in [5.74, 6) is 1.51. The van der Waals surface area contributed by atoms with Gasteiger partial charge in [-0.3, -0.25) is 4.90 Å². The van der Waals surface area contributed by atoms with Gasteiger partial charge in [0, 0.05) is 26.7 Å². The van der Waals surface area contributed by atoms with E-state index in [1.54, 1.807) is 24.8 Å². The summed E-state index contributed by atoms with van der Waals surface area (Å²) in [6.45, 7) is 4.12. The first-order valence-electron chi connectivity index (χ1n) is 9.27. The van der Waals surface area contributed by atoms with Gasteiger partial charge in [0.15, 0.2) is 11.5 Å². The number of hydrogen-bond acceptors (Lipinski definition) is 7. The van der Waals surface area contributed by atoms with Crippen LogP contribution in [0.4, 0.5) is 0 Å². The Morgan fingerprint density at radius 3 is 2.79 bits per heavy atom. The van der Waals surface area contributed by atoms with Crippen molar-refractivity contribution in [2.75, 3.05) is 39.7 Å². The molecule has 9 heteroatoms. The lowest BCUT2D eigenvalue weighted by atomic mass is 10.2. The van der Waals surface area contributed by atoms with Gasteiger partial charge in [-0.05, 0) is 19.2 Å². The van der Waals surface area contributed by atoms with Crippen LogP contribution in [0, 0.1) is 0 Å². The van der Waals surface area contributed by atoms with Gasteiger partial charge in [0.2, 0.25) is 15.0 Å². The number of para-hydroxylation sites is 2. The third-order valence-electron chi connectivity index (χ3n) is 4.59. The first kappa shape index (κ1) is 20.6. The minimum absolute atomic E-state index is 0.0128. The standard InChI is InChI=1S/C19H27N3O5S/c1-4-28(23,24)19-20-11-15(22(19)9-10-25-3)12-21(2)13-16-14-26-17-7-5-6-8-18(17)27-16/h5-8,11,16H,4,9-10,12-14H2,1-3H3/t16-/m1/s1. The fourth-order valence-corrected chi connectivity index (χ4v) is 4.17. The number of aromatic nitrogens is 2. The van der Waals surface area contributed by atoms with Crippen molar-refractivity contribution in [1.29, 1.82) is 0 Å². The molecule has 1 aliphatic heterocycles. The summed E-state index contributed by atoms with van der Waals surface area (Å²) >= 11 is 0. The number of hydrogen-bond donors (Lipinski definition) is 0. The van der Waals surface area contributed by atoms with Crippen LogP contribution < -0.4 is 9.47 Å². The molecule has 1 aromatic carbocycles. The number of sulfone groups is 1. The van der Waals surface area contributed by atoms with E-state index in [1.165, 1.54) is 0 Å². The number of nitrogens with zero attached hydrogens (tertiary/aromatic N) is 3. The van der Waals surface area contributed by atoms with Gasteiger partial charge in [0.1, 0.15) is 12.7 Å². The normalized spacial score (nSPS) is 16.5. The Labute approximate surface area is 165 Å². The maximum absolute atomic E-state index is 12.3. The molecular weight excluding hydrogens is 382 g/mol. The molecule has 0 fully saturated rings. The molecule has 0 saturated carbocycles. The quantitative estimate of drug-likeness (QED) is 0.622. The number of rotatable bonds is 9. The molecule has 3 rings (SSSR count). The molecule has 0 aliphatic carbocycles. The van der Waals surface area contributed by atoms with E-state index in [2.05, 4.69) is 9.88 Å². The first-order chi connectivity index (χ1) is 13.4. The van der Waals surface area contributed by atoms with Crippen LogP contribution in [0.25, 0.3) is 0 Å². The number of likely N-dealkylation sites (N-methyl/N-ethyl adjacent to an activating group) is 1. The van der Waals surface area contributed by atoms with Gasteiger partial charge in [-0.15, -0.1) is 0 Å². The van der Waals surface area contributed by atoms with E-state index in [1.807, 2.05) is 31.3 Å². The Hall–Kier alpha value is -2.10. The monoisotopic (exact) mass is 409 g/mol. The average molecular weight is 410 g/mol. The molecule has 0 unspecified atom stereocenters. The number of ether oxygens (including phenoxy) is 3. The zero-order valence-electron chi connectivity index (χ0n) is 16.5. The highest BCUT2D eigenvalue weighted by atomic mass is 32.2. The summed E-state index contributed by atoms with van der Waals surface area (Å²) in [6.07, 6.45) is 1.52. The van der Waals surface area contributed by atoms with Crippen LogP contribution in [0.2, 0.25) is 0 Å². The maximum atomic E-state index is 12.3. The van der Waals surface area contributed by atoms with Crippen LogP contribution in [-0.4, -0.2) is 68.6 Å². The van der Waals surface area contributed by atoms with Crippen molar-refractivity contribution in [1.82, 2.24) is 14.5 Å². The van der Waals surface area contributed by atoms with Crippen molar-refractivity contribution in [3.05, 3.63) is 36.2 Å². The summed E-state index contributed by atoms with van der Waals surface area (Å²) in [4.78, 5) is 6.25. The van der Waals surface area contributed by atoms with Gasteiger partial charge < -0.3 is 18.8 Å². The van der Waals surface area contributed by atoms with Gasteiger partial charge >= 0.3 is 0 Å². The van der Waals surface area contributed by atoms with Crippen LogP contribution in [0.15, 0.2) is 35.6 Å². The van der Waals surface area contributed by atoms with E-state index in [-0.39, 0.29) is 17.0 Å². The van der Waals surface area contributed by atoms with E-state index in [4.69, 9.17) is 14.2 Å². The molecule has 1 aliphatic rings. The summed E-state index contributed by atoms with van der Waals surface area (Å²) in [6, 6.07) is 7.61. The van der Waals surface area contributed by atoms with Gasteiger partial charge in [0.05, 0.1) is 24.3 Å². The van der Waals surface area contributed by atoms with Crippen molar-refractivity contribution < 1.29 is 22.6 Å². The van der Waals surface area contributed by atoms with Crippen molar-refractivity contribution in [2.45, 2.75) is 31.3 Å². The molecule has 0 radical (unpaired) electrons. The molecule has 1 aromatic heterocycles. The fraction of sp³-hybridized carbons (Fsp3) is 0.526. The summed E-state index contributed by atoms with van der Waals surface area (Å²) in [5, 5.41) is 0.0987. The van der Waals surface area contributed by atoms with Crippen LogP contribution >= 0.6 is 0 Å². The zero-order valence-corrected chi connectivity index (χ0v) is 17.3. The highest BCUT2D eigenvalue weighted by Gasteiger charge is 2.24. The van der Waals surface area contributed by atoms with Gasteiger partial charge in [0.25, 0.3) is 0 Å². The maximum Gasteiger partial charge on any atom is 0.227 e. The number of imidazole rings is 1. The predicted molar refractivity (Wildman–Crippen MR) is 105 cm³/mol. The largest absolute Gasteiger partial charge is 0.486 e. The second-order valence-electron chi connectivity index (χ2n) is 6.77. The minimum Gasteiger partial charge on any atom is -0.486 e. The van der Waals surface area contributed by atoms with Gasteiger partial charge in [-0.2, -0.15) is 0 Å². The molecule has 2 aromatic rings. The average Bonchev–Trinajstić information content (AvgIpc) is 3.09. The molecule has 28 heavy (non-hydrogen) atoms. The van der Waals surface area contributed by atoms with E-state index in [0.717, 1.165) is 17.2 Å². The second-order valence-corrected chi connectivity index (χ2v) is 8.95. The molecule has 0 saturated heterocycles. The summed E-state index contributed by atoms with van der Waals surface area (Å²) in [7, 11) is 0.154. The van der Waals surface area contributed by atoms with E-state index in [0.29, 0.717) is 32.8 Å². The molecule has 0 amide bonds. The molecular formula is C19H27N3O5S. The number of methoxy groups -OCH3 is 1. The first-order valence-corrected chi connectivity index (χ1v) is 10.9. The highest BCUT2D eigenvalue weighted by molar-refractivity contribution is 7.91. The van der Waals surface area contributed by atoms with Crippen molar-refractivity contribution in [3.63, 3.8) is 0 Å². The molecule has 2 heterocycles. The van der Waals surface area contributed by atoms with Crippen LogP contribution in [0.5, 0.6) is 11.5 Å². The van der Waals surface area contributed by atoms with Crippen molar-refractivity contribution in [2.24, 2.45) is 0 Å². The summed E-state index contributed by atoms with van der Waals surface area (Å²) in [5.41, 5.74) is 0.823. The minimum atomic E-state index is -3.40. The lowest BCUT2D eigenvalue weighted by molar-refractivity contribution is 0.0631. The molecule has 0 spiro atoms. The highest BCUT2D eigenvalue weighted by Crippen LogP contribution is 2.31. The Morgan fingerprint density at radius 2 is 2.07 bits per heavy atom. The SMILES string of the molecule is CCS(=O)(=O)c1ncc(CN(C)C[C@@H]2COc3ccccc3O2)n1CCOC. The Bertz CT molecular complexity index is 897. The van der Waals surface area contributed by atoms with E-state index < -0.39 is 9.84 Å². The number of fused-ring (bicyclic) bond motifs is 1. The molecule has 0 N–H and O–H groups in total. The van der Waals surface area contributed by atoms with Crippen LogP contribution in [0.1, 0.15) is 12.6 Å². The van der Waals surface area contributed by atoms with Crippen LogP contribution in [0.3, 0.4) is 0 Å². The van der Waals surface area contributed by atoms with E-state index in [9.17, 15) is 8.42 Å². The van der Waals surface area contributed by atoms with Crippen molar-refractivity contribution in [3.8, 4) is 11.5 Å². The summed E-state index contributed by atoms with van der Waals surface area (Å²) < 4.78 is 43.3. The smallest absolute Gasteiger partial charge is 0.227 e. The van der Waals surface area contributed by atoms with Crippen molar-refractivity contribution >= 4 is 9.84 Å². The Kier molecular flexibility index (Phi) is 6.58. The van der Waals surface area contributed by atoms with E-state index >= 15 is 0 Å². The Morgan fingerprint density at radius 1 is 1.32 bits per heavy atom. The predicted octanol–water partition coefficient (Wildman–Crippen LogP) is 1.59. The van der Waals surface area contributed by atoms with Gasteiger partial charge in [-0.1, -0.05) is 19.1 Å². The van der Waals surface area contributed by atoms with Gasteiger partial charge in [-0.25, -0.2) is 13.4 Å².